The highest BCUT2D eigenvalue weighted by Gasteiger charge is 2.33. The Morgan fingerprint density at radius 3 is 2.59 bits per heavy atom. The Morgan fingerprint density at radius 2 is 1.79 bits per heavy atom. The average Bonchev–Trinajstić information content (AvgIpc) is 3.36. The molecule has 0 saturated carbocycles. The van der Waals surface area contributed by atoms with Gasteiger partial charge in [-0.05, 0) is 54.8 Å². The Kier molecular flexibility index (Phi) is 6.16. The van der Waals surface area contributed by atoms with E-state index in [0.29, 0.717) is 28.7 Å². The lowest BCUT2D eigenvalue weighted by atomic mass is 10.0. The minimum Gasteiger partial charge on any atom is -0.320 e. The van der Waals surface area contributed by atoms with Gasteiger partial charge in [-0.1, -0.05) is 59.4 Å². The highest BCUT2D eigenvalue weighted by Crippen LogP contribution is 2.32. The van der Waals surface area contributed by atoms with E-state index >= 15 is 0 Å². The van der Waals surface area contributed by atoms with Crippen LogP contribution in [0.1, 0.15) is 39.1 Å². The lowest BCUT2D eigenvalue weighted by Gasteiger charge is -2.30. The third-order valence-electron chi connectivity index (χ3n) is 6.04. The summed E-state index contributed by atoms with van der Waals surface area (Å²) in [6, 6.07) is 20.5. The molecule has 0 aliphatic carbocycles. The first kappa shape index (κ1) is 22.6. The van der Waals surface area contributed by atoms with Gasteiger partial charge in [0.1, 0.15) is 5.01 Å². The fourth-order valence-corrected chi connectivity index (χ4v) is 6.58. The van der Waals surface area contributed by atoms with E-state index in [9.17, 15) is 13.2 Å². The van der Waals surface area contributed by atoms with Gasteiger partial charge < -0.3 is 5.32 Å². The van der Waals surface area contributed by atoms with Gasteiger partial charge in [0.2, 0.25) is 15.0 Å². The third-order valence-corrected chi connectivity index (χ3v) is 8.98. The van der Waals surface area contributed by atoms with Crippen LogP contribution in [0.25, 0.3) is 10.8 Å². The summed E-state index contributed by atoms with van der Waals surface area (Å²) in [5.74, 6) is -0.411. The first-order chi connectivity index (χ1) is 16.4. The number of nitrogens with zero attached hydrogens (tertiary/aromatic N) is 3. The average molecular weight is 493 g/mol. The van der Waals surface area contributed by atoms with Crippen molar-refractivity contribution in [2.75, 3.05) is 18.4 Å². The Hall–Kier alpha value is -3.14. The van der Waals surface area contributed by atoms with E-state index in [0.717, 1.165) is 29.2 Å². The monoisotopic (exact) mass is 492 g/mol. The number of aromatic nitrogens is 2. The smallest absolute Gasteiger partial charge is 0.286 e. The summed E-state index contributed by atoms with van der Waals surface area (Å²) in [4.78, 5) is 12.9. The Balaban J connectivity index is 1.31. The highest BCUT2D eigenvalue weighted by atomic mass is 32.2. The predicted octanol–water partition coefficient (Wildman–Crippen LogP) is 4.82. The second-order valence-corrected chi connectivity index (χ2v) is 11.4. The van der Waals surface area contributed by atoms with Crippen LogP contribution in [0.5, 0.6) is 0 Å². The summed E-state index contributed by atoms with van der Waals surface area (Å²) in [6.07, 6.45) is 1.53. The molecule has 1 amide bonds. The van der Waals surface area contributed by atoms with E-state index in [-0.39, 0.29) is 16.8 Å². The second-order valence-electron chi connectivity index (χ2n) is 8.48. The molecule has 0 spiro atoms. The molecule has 1 aliphatic heterocycles. The van der Waals surface area contributed by atoms with E-state index < -0.39 is 10.0 Å². The number of sulfonamides is 1. The van der Waals surface area contributed by atoms with Gasteiger partial charge in [0.25, 0.3) is 5.91 Å². The maximum atomic E-state index is 13.4. The Morgan fingerprint density at radius 1 is 1.03 bits per heavy atom. The van der Waals surface area contributed by atoms with Crippen LogP contribution in [0.3, 0.4) is 0 Å². The fraction of sp³-hybridized carbons (Fsp3) is 0.240. The number of piperidine rings is 1. The van der Waals surface area contributed by atoms with Crippen molar-refractivity contribution in [2.24, 2.45) is 0 Å². The second kappa shape index (κ2) is 9.25. The number of amides is 1. The molecule has 0 radical (unpaired) electrons. The van der Waals surface area contributed by atoms with E-state index in [1.54, 1.807) is 12.1 Å². The van der Waals surface area contributed by atoms with Crippen LogP contribution in [0, 0.1) is 6.92 Å². The maximum Gasteiger partial charge on any atom is 0.286 e. The molecule has 1 aliphatic rings. The van der Waals surface area contributed by atoms with Gasteiger partial charge in [0.15, 0.2) is 0 Å². The Labute approximate surface area is 202 Å². The lowest BCUT2D eigenvalue weighted by Crippen LogP contribution is -2.39. The SMILES string of the molecule is Cc1ccc(NC(=O)c2nnc([C@@H]3CCCN(S(=O)(=O)c4ccc5ccccc5c4)C3)s2)cc1. The number of rotatable bonds is 5. The molecule has 9 heteroatoms. The number of nitrogens with one attached hydrogen (secondary N) is 1. The van der Waals surface area contributed by atoms with Crippen molar-refractivity contribution in [3.05, 3.63) is 82.3 Å². The molecule has 3 aromatic carbocycles. The van der Waals surface area contributed by atoms with Gasteiger partial charge in [0, 0.05) is 24.7 Å². The molecule has 1 fully saturated rings. The van der Waals surface area contributed by atoms with Crippen molar-refractivity contribution < 1.29 is 13.2 Å². The molecule has 2 heterocycles. The minimum absolute atomic E-state index is 0.0950. The molecule has 174 valence electrons. The zero-order valence-corrected chi connectivity index (χ0v) is 20.3. The van der Waals surface area contributed by atoms with Gasteiger partial charge in [-0.25, -0.2) is 8.42 Å². The Bertz CT molecular complexity index is 1450. The van der Waals surface area contributed by atoms with Crippen LogP contribution < -0.4 is 5.32 Å². The van der Waals surface area contributed by atoms with Crippen molar-refractivity contribution in [3.8, 4) is 0 Å². The first-order valence-corrected chi connectivity index (χ1v) is 13.4. The summed E-state index contributed by atoms with van der Waals surface area (Å²) in [6.45, 7) is 2.77. The normalized spacial score (nSPS) is 17.0. The molecule has 1 saturated heterocycles. The highest BCUT2D eigenvalue weighted by molar-refractivity contribution is 7.89. The molecule has 1 N–H and O–H groups in total. The third kappa shape index (κ3) is 4.59. The molecule has 1 aromatic heterocycles. The van der Waals surface area contributed by atoms with Crippen LogP contribution in [0.4, 0.5) is 5.69 Å². The number of aryl methyl sites for hydroxylation is 1. The molecular formula is C25H24N4O3S2. The maximum absolute atomic E-state index is 13.4. The molecular weight excluding hydrogens is 468 g/mol. The van der Waals surface area contributed by atoms with Crippen LogP contribution in [0.15, 0.2) is 71.6 Å². The predicted molar refractivity (Wildman–Crippen MR) is 134 cm³/mol. The molecule has 0 bridgehead atoms. The molecule has 1 atom stereocenters. The van der Waals surface area contributed by atoms with Crippen molar-refractivity contribution in [3.63, 3.8) is 0 Å². The molecule has 4 aromatic rings. The first-order valence-electron chi connectivity index (χ1n) is 11.1. The van der Waals surface area contributed by atoms with E-state index in [2.05, 4.69) is 15.5 Å². The zero-order valence-electron chi connectivity index (χ0n) is 18.6. The van der Waals surface area contributed by atoms with Crippen molar-refractivity contribution >= 4 is 43.7 Å². The summed E-state index contributed by atoms with van der Waals surface area (Å²) in [5.41, 5.74) is 1.80. The van der Waals surface area contributed by atoms with E-state index in [4.69, 9.17) is 0 Å². The number of fused-ring (bicyclic) bond motifs is 1. The van der Waals surface area contributed by atoms with Crippen molar-refractivity contribution in [1.82, 2.24) is 14.5 Å². The van der Waals surface area contributed by atoms with Gasteiger partial charge in [0.05, 0.1) is 4.90 Å². The van der Waals surface area contributed by atoms with Gasteiger partial charge in [-0.2, -0.15) is 4.31 Å². The topological polar surface area (TPSA) is 92.3 Å². The molecule has 7 nitrogen and oxygen atoms in total. The number of carbonyl (C=O) groups is 1. The van der Waals surface area contributed by atoms with Crippen LogP contribution in [-0.4, -0.2) is 41.9 Å². The number of anilines is 1. The van der Waals surface area contributed by atoms with Crippen molar-refractivity contribution in [1.29, 1.82) is 0 Å². The summed E-state index contributed by atoms with van der Waals surface area (Å²) in [5, 5.41) is 14.0. The number of hydrogen-bond acceptors (Lipinski definition) is 6. The molecule has 5 rings (SSSR count). The fourth-order valence-electron chi connectivity index (χ4n) is 4.15. The number of carbonyl (C=O) groups excluding carboxylic acids is 1. The zero-order chi connectivity index (χ0) is 23.7. The van der Waals surface area contributed by atoms with E-state index in [1.165, 1.54) is 15.6 Å². The molecule has 0 unspecified atom stereocenters. The van der Waals surface area contributed by atoms with Crippen LogP contribution in [0.2, 0.25) is 0 Å². The molecule has 34 heavy (non-hydrogen) atoms. The summed E-state index contributed by atoms with van der Waals surface area (Å²) in [7, 11) is -3.64. The van der Waals surface area contributed by atoms with Crippen LogP contribution in [-0.2, 0) is 10.0 Å². The summed E-state index contributed by atoms with van der Waals surface area (Å²) >= 11 is 1.22. The van der Waals surface area contributed by atoms with Gasteiger partial charge in [-0.3, -0.25) is 4.79 Å². The standard InChI is InChI=1S/C25H24N4O3S2/c1-17-8-11-21(12-9-17)26-23(30)25-28-27-24(33-25)20-7-4-14-29(16-20)34(31,32)22-13-10-18-5-2-3-6-19(18)15-22/h2-3,5-6,8-13,15,20H,4,7,14,16H2,1H3,(H,26,30)/t20-/m1/s1. The number of benzene rings is 3. The number of hydrogen-bond donors (Lipinski definition) is 1. The van der Waals surface area contributed by atoms with E-state index in [1.807, 2.05) is 61.5 Å². The largest absolute Gasteiger partial charge is 0.320 e. The lowest BCUT2D eigenvalue weighted by molar-refractivity contribution is 0.102. The van der Waals surface area contributed by atoms with Gasteiger partial charge >= 0.3 is 0 Å². The van der Waals surface area contributed by atoms with Crippen LogP contribution >= 0.6 is 11.3 Å². The summed E-state index contributed by atoms with van der Waals surface area (Å²) < 4.78 is 28.3. The van der Waals surface area contributed by atoms with Crippen molar-refractivity contribution in [2.45, 2.75) is 30.6 Å². The minimum atomic E-state index is -3.64. The quantitative estimate of drug-likeness (QED) is 0.431. The van der Waals surface area contributed by atoms with Gasteiger partial charge in [-0.15, -0.1) is 10.2 Å².